The van der Waals surface area contributed by atoms with E-state index in [0.29, 0.717) is 17.9 Å². The van der Waals surface area contributed by atoms with E-state index in [1.54, 1.807) is 0 Å². The normalized spacial score (nSPS) is 13.4. The molecule has 17 heavy (non-hydrogen) atoms. The van der Waals surface area contributed by atoms with Crippen LogP contribution in [0.15, 0.2) is 24.3 Å². The lowest BCUT2D eigenvalue weighted by Gasteiger charge is -2.24. The average molecular weight is 233 g/mol. The van der Waals surface area contributed by atoms with Gasteiger partial charge in [0.15, 0.2) is 0 Å². The molecule has 0 aliphatic heterocycles. The van der Waals surface area contributed by atoms with Gasteiger partial charge < -0.3 is 5.32 Å². The molecule has 0 heterocycles. The molecule has 0 amide bonds. The van der Waals surface area contributed by atoms with Crippen molar-refractivity contribution < 1.29 is 0 Å². The van der Waals surface area contributed by atoms with Gasteiger partial charge >= 0.3 is 0 Å². The summed E-state index contributed by atoms with van der Waals surface area (Å²) in [7, 11) is 0. The molecule has 1 aromatic carbocycles. The fourth-order valence-electron chi connectivity index (χ4n) is 2.06. The van der Waals surface area contributed by atoms with Gasteiger partial charge in [-0.3, -0.25) is 0 Å². The lowest BCUT2D eigenvalue weighted by atomic mass is 9.94. The van der Waals surface area contributed by atoms with Crippen molar-refractivity contribution in [3.05, 3.63) is 35.4 Å². The first kappa shape index (κ1) is 14.2. The number of benzene rings is 1. The van der Waals surface area contributed by atoms with Crippen LogP contribution in [0, 0.1) is 11.8 Å². The van der Waals surface area contributed by atoms with E-state index in [2.05, 4.69) is 64.2 Å². The largest absolute Gasteiger partial charge is 0.309 e. The van der Waals surface area contributed by atoms with Gasteiger partial charge in [-0.05, 0) is 35.9 Å². The van der Waals surface area contributed by atoms with Crippen molar-refractivity contribution in [2.75, 3.05) is 6.54 Å². The third-order valence-corrected chi connectivity index (χ3v) is 3.16. The van der Waals surface area contributed by atoms with E-state index < -0.39 is 0 Å². The molecule has 1 nitrogen and oxygen atoms in total. The van der Waals surface area contributed by atoms with Crippen LogP contribution in [-0.2, 0) is 6.42 Å². The molecule has 1 unspecified atom stereocenters. The predicted molar refractivity (Wildman–Crippen MR) is 76.2 cm³/mol. The lowest BCUT2D eigenvalue weighted by Crippen LogP contribution is -2.29. The van der Waals surface area contributed by atoms with Crippen LogP contribution >= 0.6 is 0 Å². The Hall–Kier alpha value is -0.820. The van der Waals surface area contributed by atoms with Crippen molar-refractivity contribution >= 4 is 0 Å². The molecule has 0 aromatic heterocycles. The average Bonchev–Trinajstić information content (AvgIpc) is 2.29. The fourth-order valence-corrected chi connectivity index (χ4v) is 2.06. The van der Waals surface area contributed by atoms with Crippen molar-refractivity contribution in [3.63, 3.8) is 0 Å². The topological polar surface area (TPSA) is 12.0 Å². The molecule has 0 bridgehead atoms. The molecule has 1 N–H and O–H groups in total. The zero-order valence-electron chi connectivity index (χ0n) is 12.0. The van der Waals surface area contributed by atoms with Gasteiger partial charge in [0.05, 0.1) is 0 Å². The maximum absolute atomic E-state index is 3.67. The van der Waals surface area contributed by atoms with Gasteiger partial charge in [0.25, 0.3) is 0 Å². The minimum Gasteiger partial charge on any atom is -0.309 e. The molecule has 1 atom stereocenters. The molecule has 0 fully saturated rings. The highest BCUT2D eigenvalue weighted by Crippen LogP contribution is 2.22. The van der Waals surface area contributed by atoms with Crippen LogP contribution in [-0.4, -0.2) is 6.54 Å². The highest BCUT2D eigenvalue weighted by Gasteiger charge is 2.15. The van der Waals surface area contributed by atoms with Gasteiger partial charge in [-0.1, -0.05) is 58.9 Å². The van der Waals surface area contributed by atoms with Crippen LogP contribution in [0.25, 0.3) is 0 Å². The zero-order valence-corrected chi connectivity index (χ0v) is 12.0. The molecule has 1 rings (SSSR count). The van der Waals surface area contributed by atoms with E-state index in [-0.39, 0.29) is 0 Å². The molecule has 0 radical (unpaired) electrons. The molecule has 1 aromatic rings. The van der Waals surface area contributed by atoms with Crippen molar-refractivity contribution in [2.45, 2.75) is 47.1 Å². The molecule has 96 valence electrons. The molecule has 0 saturated carbocycles. The molecular formula is C16H27N. The smallest absolute Gasteiger partial charge is 0.0343 e. The number of nitrogens with one attached hydrogen (secondary N) is 1. The van der Waals surface area contributed by atoms with Crippen LogP contribution in [0.4, 0.5) is 0 Å². The summed E-state index contributed by atoms with van der Waals surface area (Å²) >= 11 is 0. The van der Waals surface area contributed by atoms with Gasteiger partial charge in [-0.2, -0.15) is 0 Å². The maximum Gasteiger partial charge on any atom is 0.0343 e. The summed E-state index contributed by atoms with van der Waals surface area (Å²) in [6.45, 7) is 12.4. The van der Waals surface area contributed by atoms with Crippen molar-refractivity contribution in [1.29, 1.82) is 0 Å². The van der Waals surface area contributed by atoms with Gasteiger partial charge in [-0.15, -0.1) is 0 Å². The summed E-state index contributed by atoms with van der Waals surface area (Å²) in [4.78, 5) is 0. The summed E-state index contributed by atoms with van der Waals surface area (Å²) in [5.41, 5.74) is 2.83. The van der Waals surface area contributed by atoms with Crippen LogP contribution in [0.3, 0.4) is 0 Å². The molecule has 1 heteroatoms. The first-order chi connectivity index (χ1) is 8.04. The molecule has 0 saturated heterocycles. The van der Waals surface area contributed by atoms with Crippen LogP contribution in [0.1, 0.15) is 51.8 Å². The number of aryl methyl sites for hydroxylation is 1. The Morgan fingerprint density at radius 2 is 1.59 bits per heavy atom. The Bertz CT molecular complexity index is 311. The number of rotatable bonds is 6. The monoisotopic (exact) mass is 233 g/mol. The quantitative estimate of drug-likeness (QED) is 0.777. The van der Waals surface area contributed by atoms with Crippen LogP contribution in [0.5, 0.6) is 0 Å². The number of hydrogen-bond acceptors (Lipinski definition) is 1. The maximum atomic E-state index is 3.67. The Morgan fingerprint density at radius 1 is 1.00 bits per heavy atom. The second-order valence-electron chi connectivity index (χ2n) is 5.62. The Labute approximate surface area is 107 Å². The Kier molecular flexibility index (Phi) is 5.70. The molecular weight excluding hydrogens is 206 g/mol. The summed E-state index contributed by atoms with van der Waals surface area (Å²) in [5.74, 6) is 1.33. The standard InChI is InChI=1S/C16H27N/c1-6-14-7-9-15(10-8-14)16(13(4)5)17-11-12(2)3/h7-10,12-13,16-17H,6,11H2,1-5H3. The summed E-state index contributed by atoms with van der Waals surface area (Å²) in [5, 5.41) is 3.67. The second kappa shape index (κ2) is 6.80. The van der Waals surface area contributed by atoms with Gasteiger partial charge in [-0.25, -0.2) is 0 Å². The van der Waals surface area contributed by atoms with Gasteiger partial charge in [0.2, 0.25) is 0 Å². The molecule has 0 aliphatic carbocycles. The second-order valence-corrected chi connectivity index (χ2v) is 5.62. The van der Waals surface area contributed by atoms with E-state index >= 15 is 0 Å². The van der Waals surface area contributed by atoms with Gasteiger partial charge in [0, 0.05) is 6.04 Å². The lowest BCUT2D eigenvalue weighted by molar-refractivity contribution is 0.387. The first-order valence-corrected chi connectivity index (χ1v) is 6.86. The van der Waals surface area contributed by atoms with E-state index in [4.69, 9.17) is 0 Å². The Morgan fingerprint density at radius 3 is 2.00 bits per heavy atom. The fraction of sp³-hybridized carbons (Fsp3) is 0.625. The minimum absolute atomic E-state index is 0.475. The number of hydrogen-bond donors (Lipinski definition) is 1. The Balaban J connectivity index is 2.74. The predicted octanol–water partition coefficient (Wildman–Crippen LogP) is 4.19. The summed E-state index contributed by atoms with van der Waals surface area (Å²) < 4.78 is 0. The minimum atomic E-state index is 0.475. The third kappa shape index (κ3) is 4.51. The van der Waals surface area contributed by atoms with E-state index in [1.807, 2.05) is 0 Å². The van der Waals surface area contributed by atoms with Crippen molar-refractivity contribution in [1.82, 2.24) is 5.32 Å². The van der Waals surface area contributed by atoms with Crippen LogP contribution < -0.4 is 5.32 Å². The van der Waals surface area contributed by atoms with E-state index in [1.165, 1.54) is 11.1 Å². The zero-order chi connectivity index (χ0) is 12.8. The molecule has 0 aliphatic rings. The highest BCUT2D eigenvalue weighted by atomic mass is 14.9. The van der Waals surface area contributed by atoms with E-state index in [0.717, 1.165) is 13.0 Å². The highest BCUT2D eigenvalue weighted by molar-refractivity contribution is 5.25. The SMILES string of the molecule is CCc1ccc(C(NCC(C)C)C(C)C)cc1. The van der Waals surface area contributed by atoms with E-state index in [9.17, 15) is 0 Å². The third-order valence-electron chi connectivity index (χ3n) is 3.16. The van der Waals surface area contributed by atoms with Crippen molar-refractivity contribution in [3.8, 4) is 0 Å². The molecule has 0 spiro atoms. The van der Waals surface area contributed by atoms with Gasteiger partial charge in [0.1, 0.15) is 0 Å². The first-order valence-electron chi connectivity index (χ1n) is 6.86. The van der Waals surface area contributed by atoms with Crippen molar-refractivity contribution in [2.24, 2.45) is 11.8 Å². The summed E-state index contributed by atoms with van der Waals surface area (Å²) in [6.07, 6.45) is 1.12. The van der Waals surface area contributed by atoms with Crippen LogP contribution in [0.2, 0.25) is 0 Å². The summed E-state index contributed by atoms with van der Waals surface area (Å²) in [6, 6.07) is 9.53.